The van der Waals surface area contributed by atoms with Crippen LogP contribution in [-0.4, -0.2) is 21.0 Å². The molecule has 203 valence electrons. The van der Waals surface area contributed by atoms with E-state index in [0.717, 1.165) is 5.92 Å². The molecule has 3 unspecified atom stereocenters. The van der Waals surface area contributed by atoms with Crippen molar-refractivity contribution in [3.63, 3.8) is 0 Å². The van der Waals surface area contributed by atoms with Gasteiger partial charge in [0.1, 0.15) is 0 Å². The third-order valence-corrected chi connectivity index (χ3v) is 8.74. The summed E-state index contributed by atoms with van der Waals surface area (Å²) in [6.07, 6.45) is 11.2. The number of rotatable bonds is 1. The third-order valence-electron chi connectivity index (χ3n) is 8.74. The van der Waals surface area contributed by atoms with E-state index in [9.17, 15) is 0 Å². The van der Waals surface area contributed by atoms with Gasteiger partial charge in [0.25, 0.3) is 0 Å². The molecule has 3 atom stereocenters. The molecule has 4 saturated carbocycles. The number of hydrogen-bond acceptors (Lipinski definition) is 0. The molecule has 2 aromatic rings. The molecule has 0 spiro atoms. The minimum Gasteiger partial charge on any atom is -0.0622 e. The Bertz CT molecular complexity index is 985. The predicted octanol–water partition coefficient (Wildman–Crippen LogP) is 10.4. The second-order valence-electron chi connectivity index (χ2n) is 13.0. The van der Waals surface area contributed by atoms with Gasteiger partial charge in [-0.2, -0.15) is 11.1 Å². The molecule has 38 heavy (non-hydrogen) atoms. The Morgan fingerprint density at radius 2 is 1.18 bits per heavy atom. The molecule has 5 aliphatic carbocycles. The zero-order valence-electron chi connectivity index (χ0n) is 25.2. The first-order valence-corrected chi connectivity index (χ1v) is 19.1. The first-order chi connectivity index (χ1) is 17.4. The topological polar surface area (TPSA) is 23.8 Å². The zero-order valence-corrected chi connectivity index (χ0v) is 30.1. The second-order valence-corrected chi connectivity index (χ2v) is 15.4. The molecule has 0 aliphatic heterocycles. The first-order valence-electron chi connectivity index (χ1n) is 14.3. The van der Waals surface area contributed by atoms with Crippen LogP contribution in [0.4, 0.5) is 0 Å². The maximum Gasteiger partial charge on any atom is 2.00 e. The van der Waals surface area contributed by atoms with Gasteiger partial charge in [-0.15, -0.1) is 12.5 Å². The largest absolute Gasteiger partial charge is 2.00 e. The average Bonchev–Trinajstić information content (AvgIpc) is 3.04. The smallest absolute Gasteiger partial charge is 0.0622 e. The molecule has 1 N–H and O–H groups in total. The maximum absolute atomic E-state index is 8.46. The molecule has 7 rings (SSSR count). The van der Waals surface area contributed by atoms with Crippen molar-refractivity contribution in [3.8, 4) is 11.1 Å². The van der Waals surface area contributed by atoms with E-state index in [1.54, 1.807) is 0 Å². The van der Waals surface area contributed by atoms with E-state index in [4.69, 9.17) is 5.73 Å². The van der Waals surface area contributed by atoms with Crippen molar-refractivity contribution in [2.24, 2.45) is 22.7 Å². The van der Waals surface area contributed by atoms with Crippen LogP contribution in [-0.2, 0) is 26.2 Å². The molecule has 4 fully saturated rings. The summed E-state index contributed by atoms with van der Waals surface area (Å²) in [7, 11) is 0. The molecular formula is C35H50GeNZr. The fraction of sp³-hybridized carbons (Fsp3) is 0.543. The van der Waals surface area contributed by atoms with Crippen LogP contribution in [0.2, 0.25) is 11.5 Å². The monoisotopic (exact) mass is 648 g/mol. The van der Waals surface area contributed by atoms with Gasteiger partial charge in [-0.25, -0.2) is 5.57 Å². The Morgan fingerprint density at radius 1 is 0.763 bits per heavy atom. The van der Waals surface area contributed by atoms with Crippen LogP contribution in [0.3, 0.4) is 0 Å². The van der Waals surface area contributed by atoms with E-state index >= 15 is 0 Å². The van der Waals surface area contributed by atoms with Crippen LogP contribution in [0.1, 0.15) is 80.1 Å². The molecule has 5 aliphatic rings. The summed E-state index contributed by atoms with van der Waals surface area (Å²) in [6.45, 7) is 13.5. The van der Waals surface area contributed by atoms with Gasteiger partial charge in [0, 0.05) is 0 Å². The predicted molar refractivity (Wildman–Crippen MR) is 165 cm³/mol. The van der Waals surface area contributed by atoms with E-state index in [2.05, 4.69) is 108 Å². The zero-order chi connectivity index (χ0) is 27.3. The summed E-state index contributed by atoms with van der Waals surface area (Å²) in [5.41, 5.74) is 16.3. The van der Waals surface area contributed by atoms with Crippen LogP contribution in [0.5, 0.6) is 0 Å². The molecule has 0 heterocycles. The standard InChI is InChI=1S/C12H20N.C12H10.C9H13.C2H7Ge.Zr/c1-10-3-9-4-11(2,6-10)8-12(13,5-9)7-10;1-3-7-11(8-4-1)12-9-5-2-6-10-12;1-6-5-7(2)9(4)8(6)3;1-3-2;/h9,13H,3-8H2,1-2H3;1-10H;6H,1-4H3;3H,1-2H3;/q-1;;-1;;+2. The first kappa shape index (κ1) is 33.5. The summed E-state index contributed by atoms with van der Waals surface area (Å²) in [4.78, 5) is 0. The minimum atomic E-state index is -0.0249. The van der Waals surface area contributed by atoms with E-state index in [-0.39, 0.29) is 31.7 Å². The van der Waals surface area contributed by atoms with Gasteiger partial charge >= 0.3 is 53.1 Å². The van der Waals surface area contributed by atoms with E-state index in [1.165, 1.54) is 66.4 Å². The van der Waals surface area contributed by atoms with E-state index in [0.29, 0.717) is 32.2 Å². The third kappa shape index (κ3) is 8.91. The van der Waals surface area contributed by atoms with Crippen LogP contribution in [0.15, 0.2) is 77.4 Å². The fourth-order valence-corrected chi connectivity index (χ4v) is 7.87. The SMILES string of the molecule is CC12CC3CC(C)(C1)CC([NH-])(C3)C2.CC1=[C-]C(C)C(C)=C1C.[CH3][GeH][CH3].[Zr+2].c1ccc(-c2ccccc2)cc1. The average molecular weight is 649 g/mol. The molecule has 4 bridgehead atoms. The summed E-state index contributed by atoms with van der Waals surface area (Å²) in [5, 5.41) is 0. The fourth-order valence-electron chi connectivity index (χ4n) is 7.87. The second kappa shape index (κ2) is 14.3. The van der Waals surface area contributed by atoms with Crippen molar-refractivity contribution < 1.29 is 26.2 Å². The summed E-state index contributed by atoms with van der Waals surface area (Å²) >= 11 is 0.312. The van der Waals surface area contributed by atoms with Gasteiger partial charge < -0.3 is 5.73 Å². The van der Waals surface area contributed by atoms with Gasteiger partial charge in [0.2, 0.25) is 0 Å². The molecule has 1 nitrogen and oxygen atoms in total. The van der Waals surface area contributed by atoms with E-state index in [1.807, 2.05) is 12.1 Å². The Balaban J connectivity index is 0.000000191. The van der Waals surface area contributed by atoms with Crippen molar-refractivity contribution >= 4 is 15.4 Å². The number of nitrogens with one attached hydrogen (secondary N) is 1. The Morgan fingerprint density at radius 3 is 1.45 bits per heavy atom. The van der Waals surface area contributed by atoms with Crippen molar-refractivity contribution in [1.29, 1.82) is 0 Å². The Labute approximate surface area is 260 Å². The van der Waals surface area contributed by atoms with Crippen LogP contribution >= 0.6 is 0 Å². The summed E-state index contributed by atoms with van der Waals surface area (Å²) in [5.74, 6) is 6.02. The molecule has 2 aromatic carbocycles. The van der Waals surface area contributed by atoms with Gasteiger partial charge in [-0.3, -0.25) is 6.08 Å². The van der Waals surface area contributed by atoms with Gasteiger partial charge in [-0.1, -0.05) is 120 Å². The van der Waals surface area contributed by atoms with Gasteiger partial charge in [-0.05, 0) is 47.1 Å². The maximum atomic E-state index is 8.46. The Kier molecular flexibility index (Phi) is 12.6. The molecule has 1 radical (unpaired) electrons. The summed E-state index contributed by atoms with van der Waals surface area (Å²) in [6, 6.07) is 20.8. The molecule has 0 amide bonds. The minimum absolute atomic E-state index is 0. The molecule has 0 saturated heterocycles. The Hall–Kier alpha value is -0.694. The van der Waals surface area contributed by atoms with Crippen LogP contribution < -0.4 is 0 Å². The van der Waals surface area contributed by atoms with E-state index < -0.39 is 0 Å². The van der Waals surface area contributed by atoms with Gasteiger partial charge in [0.05, 0.1) is 0 Å². The molecular weight excluding hydrogens is 598 g/mol. The number of allylic oxidation sites excluding steroid dienone is 4. The van der Waals surface area contributed by atoms with Crippen molar-refractivity contribution in [3.05, 3.63) is 89.2 Å². The quantitative estimate of drug-likeness (QED) is 0.217. The van der Waals surface area contributed by atoms with Crippen LogP contribution in [0, 0.1) is 28.7 Å². The van der Waals surface area contributed by atoms with Gasteiger partial charge in [0.15, 0.2) is 0 Å². The van der Waals surface area contributed by atoms with Crippen LogP contribution in [0.25, 0.3) is 16.9 Å². The van der Waals surface area contributed by atoms with Crippen molar-refractivity contribution in [1.82, 2.24) is 0 Å². The van der Waals surface area contributed by atoms with Crippen molar-refractivity contribution in [2.75, 3.05) is 0 Å². The number of benzene rings is 2. The molecule has 0 aromatic heterocycles. The number of hydrogen-bond donors (Lipinski definition) is 0. The molecule has 3 heteroatoms. The van der Waals surface area contributed by atoms with Crippen molar-refractivity contribution in [2.45, 2.75) is 97.1 Å². The normalized spacial score (nSPS) is 32.0. The summed E-state index contributed by atoms with van der Waals surface area (Å²) < 4.78 is 0.